The van der Waals surface area contributed by atoms with Crippen LogP contribution >= 0.6 is 0 Å². The summed E-state index contributed by atoms with van der Waals surface area (Å²) in [5.41, 5.74) is 2.16. The molecule has 0 aliphatic carbocycles. The largest absolute Gasteiger partial charge is 0.507 e. The van der Waals surface area contributed by atoms with Crippen molar-refractivity contribution in [1.29, 1.82) is 0 Å². The third-order valence-corrected chi connectivity index (χ3v) is 2.36. The molecule has 15 heavy (non-hydrogen) atoms. The first kappa shape index (κ1) is 11.6. The molecular weight excluding hydrogens is 192 g/mol. The van der Waals surface area contributed by atoms with Crippen molar-refractivity contribution in [3.8, 4) is 5.75 Å². The van der Waals surface area contributed by atoms with Gasteiger partial charge in [0.2, 0.25) is 0 Å². The Morgan fingerprint density at radius 1 is 1.40 bits per heavy atom. The van der Waals surface area contributed by atoms with Gasteiger partial charge < -0.3 is 9.84 Å². The summed E-state index contributed by atoms with van der Waals surface area (Å²) in [5.74, 6) is -0.452. The highest BCUT2D eigenvalue weighted by atomic mass is 16.5. The summed E-state index contributed by atoms with van der Waals surface area (Å²) in [7, 11) is 0. The molecule has 3 heteroatoms. The highest BCUT2D eigenvalue weighted by molar-refractivity contribution is 5.94. The molecule has 0 unspecified atom stereocenters. The zero-order valence-corrected chi connectivity index (χ0v) is 9.33. The first-order valence-corrected chi connectivity index (χ1v) is 5.10. The van der Waals surface area contributed by atoms with E-state index in [1.165, 1.54) is 6.07 Å². The van der Waals surface area contributed by atoms with E-state index in [9.17, 15) is 9.90 Å². The van der Waals surface area contributed by atoms with Gasteiger partial charge in [-0.3, -0.25) is 0 Å². The van der Waals surface area contributed by atoms with Crippen LogP contribution in [0.3, 0.4) is 0 Å². The van der Waals surface area contributed by atoms with Crippen LogP contribution in [0.2, 0.25) is 0 Å². The molecule has 0 fully saturated rings. The Labute approximate surface area is 89.7 Å². The second-order valence-corrected chi connectivity index (χ2v) is 3.33. The second kappa shape index (κ2) is 4.82. The van der Waals surface area contributed by atoms with Crippen LogP contribution in [0.5, 0.6) is 5.75 Å². The SMILES string of the molecule is CCOC(=O)c1c(O)ccc(C)c1CC. The number of aromatic hydroxyl groups is 1. The normalized spacial score (nSPS) is 10.1. The Morgan fingerprint density at radius 3 is 2.60 bits per heavy atom. The van der Waals surface area contributed by atoms with Gasteiger partial charge in [-0.25, -0.2) is 4.79 Å². The molecule has 1 N–H and O–H groups in total. The minimum atomic E-state index is -0.449. The molecule has 0 heterocycles. The van der Waals surface area contributed by atoms with Crippen molar-refractivity contribution in [3.05, 3.63) is 28.8 Å². The number of carbonyl (C=O) groups is 1. The summed E-state index contributed by atoms with van der Waals surface area (Å²) >= 11 is 0. The monoisotopic (exact) mass is 208 g/mol. The fourth-order valence-corrected chi connectivity index (χ4v) is 1.63. The number of benzene rings is 1. The van der Waals surface area contributed by atoms with Gasteiger partial charge in [0.05, 0.1) is 6.61 Å². The summed E-state index contributed by atoms with van der Waals surface area (Å²) in [6.45, 7) is 5.93. The van der Waals surface area contributed by atoms with Crippen molar-refractivity contribution in [2.45, 2.75) is 27.2 Å². The van der Waals surface area contributed by atoms with E-state index in [1.54, 1.807) is 13.0 Å². The molecule has 0 spiro atoms. The number of hydrogen-bond acceptors (Lipinski definition) is 3. The smallest absolute Gasteiger partial charge is 0.342 e. The second-order valence-electron chi connectivity index (χ2n) is 3.33. The number of phenols is 1. The van der Waals surface area contributed by atoms with Crippen molar-refractivity contribution < 1.29 is 14.6 Å². The predicted octanol–water partition coefficient (Wildman–Crippen LogP) is 2.44. The van der Waals surface area contributed by atoms with Gasteiger partial charge in [0.1, 0.15) is 11.3 Å². The first-order chi connectivity index (χ1) is 7.11. The van der Waals surface area contributed by atoms with E-state index >= 15 is 0 Å². The molecule has 0 aliphatic heterocycles. The maximum Gasteiger partial charge on any atom is 0.342 e. The summed E-state index contributed by atoms with van der Waals surface area (Å²) in [5, 5.41) is 9.64. The Morgan fingerprint density at radius 2 is 2.07 bits per heavy atom. The molecule has 1 rings (SSSR count). The van der Waals surface area contributed by atoms with Gasteiger partial charge in [-0.05, 0) is 37.5 Å². The molecule has 1 aromatic carbocycles. The number of ether oxygens (including phenoxy) is 1. The summed E-state index contributed by atoms with van der Waals surface area (Å²) < 4.78 is 4.91. The quantitative estimate of drug-likeness (QED) is 0.776. The third-order valence-electron chi connectivity index (χ3n) is 2.36. The van der Waals surface area contributed by atoms with Crippen LogP contribution in [0.4, 0.5) is 0 Å². The molecule has 0 radical (unpaired) electrons. The maximum atomic E-state index is 11.6. The van der Waals surface area contributed by atoms with Gasteiger partial charge in [-0.1, -0.05) is 13.0 Å². The van der Waals surface area contributed by atoms with E-state index in [1.807, 2.05) is 13.8 Å². The molecule has 82 valence electrons. The number of aryl methyl sites for hydroxylation is 1. The van der Waals surface area contributed by atoms with Crippen molar-refractivity contribution in [2.24, 2.45) is 0 Å². The molecule has 3 nitrogen and oxygen atoms in total. The molecule has 0 saturated heterocycles. The summed E-state index contributed by atoms with van der Waals surface area (Å²) in [6, 6.07) is 3.33. The fourth-order valence-electron chi connectivity index (χ4n) is 1.63. The lowest BCUT2D eigenvalue weighted by atomic mass is 9.99. The van der Waals surface area contributed by atoms with Gasteiger partial charge in [-0.15, -0.1) is 0 Å². The number of carbonyl (C=O) groups excluding carboxylic acids is 1. The highest BCUT2D eigenvalue weighted by Gasteiger charge is 2.17. The molecular formula is C12H16O3. The molecule has 0 atom stereocenters. The number of esters is 1. The first-order valence-electron chi connectivity index (χ1n) is 5.10. The molecule has 0 saturated carbocycles. The lowest BCUT2D eigenvalue weighted by molar-refractivity contribution is 0.0521. The van der Waals surface area contributed by atoms with Crippen LogP contribution in [0.1, 0.15) is 35.3 Å². The van der Waals surface area contributed by atoms with Crippen LogP contribution < -0.4 is 0 Å². The van der Waals surface area contributed by atoms with Crippen LogP contribution in [0.15, 0.2) is 12.1 Å². The number of hydrogen-bond donors (Lipinski definition) is 1. The molecule has 0 bridgehead atoms. The Bertz CT molecular complexity index is 369. The van der Waals surface area contributed by atoms with Crippen LogP contribution in [-0.2, 0) is 11.2 Å². The lowest BCUT2D eigenvalue weighted by Crippen LogP contribution is -2.09. The summed E-state index contributed by atoms with van der Waals surface area (Å²) in [4.78, 5) is 11.6. The van der Waals surface area contributed by atoms with Gasteiger partial charge in [-0.2, -0.15) is 0 Å². The minimum Gasteiger partial charge on any atom is -0.507 e. The maximum absolute atomic E-state index is 11.6. The van der Waals surface area contributed by atoms with E-state index in [0.29, 0.717) is 18.6 Å². The molecule has 0 amide bonds. The Balaban J connectivity index is 3.24. The van der Waals surface area contributed by atoms with Crippen molar-refractivity contribution in [3.63, 3.8) is 0 Å². The van der Waals surface area contributed by atoms with Crippen molar-refractivity contribution in [2.75, 3.05) is 6.61 Å². The van der Waals surface area contributed by atoms with Crippen molar-refractivity contribution in [1.82, 2.24) is 0 Å². The lowest BCUT2D eigenvalue weighted by Gasteiger charge is -2.11. The van der Waals surface area contributed by atoms with E-state index in [-0.39, 0.29) is 5.75 Å². The van der Waals surface area contributed by atoms with Gasteiger partial charge in [0.15, 0.2) is 0 Å². The zero-order chi connectivity index (χ0) is 11.4. The number of phenolic OH excluding ortho intramolecular Hbond substituents is 1. The summed E-state index contributed by atoms with van der Waals surface area (Å²) in [6.07, 6.45) is 0.703. The van der Waals surface area contributed by atoms with Gasteiger partial charge >= 0.3 is 5.97 Å². The van der Waals surface area contributed by atoms with E-state index in [2.05, 4.69) is 0 Å². The molecule has 0 aromatic heterocycles. The van der Waals surface area contributed by atoms with E-state index < -0.39 is 5.97 Å². The Kier molecular flexibility index (Phi) is 3.72. The average Bonchev–Trinajstić information content (AvgIpc) is 2.21. The zero-order valence-electron chi connectivity index (χ0n) is 9.33. The van der Waals surface area contributed by atoms with Crippen LogP contribution in [0.25, 0.3) is 0 Å². The van der Waals surface area contributed by atoms with Crippen molar-refractivity contribution >= 4 is 5.97 Å². The highest BCUT2D eigenvalue weighted by Crippen LogP contribution is 2.25. The topological polar surface area (TPSA) is 46.5 Å². The predicted molar refractivity (Wildman–Crippen MR) is 58.2 cm³/mol. The van der Waals surface area contributed by atoms with E-state index in [4.69, 9.17) is 4.74 Å². The van der Waals surface area contributed by atoms with Crippen LogP contribution in [0, 0.1) is 6.92 Å². The van der Waals surface area contributed by atoms with Crippen LogP contribution in [-0.4, -0.2) is 17.7 Å². The molecule has 0 aliphatic rings. The molecule has 1 aromatic rings. The van der Waals surface area contributed by atoms with Gasteiger partial charge in [0.25, 0.3) is 0 Å². The van der Waals surface area contributed by atoms with Gasteiger partial charge in [0, 0.05) is 0 Å². The Hall–Kier alpha value is -1.51. The number of rotatable bonds is 3. The third kappa shape index (κ3) is 2.29. The van der Waals surface area contributed by atoms with E-state index in [0.717, 1.165) is 11.1 Å². The fraction of sp³-hybridized carbons (Fsp3) is 0.417. The standard InChI is InChI=1S/C12H16O3/c1-4-9-8(3)6-7-10(13)11(9)12(14)15-5-2/h6-7,13H,4-5H2,1-3H3. The minimum absolute atomic E-state index is 0.00380. The average molecular weight is 208 g/mol.